The Bertz CT molecular complexity index is 1240. The van der Waals surface area contributed by atoms with Gasteiger partial charge in [0, 0.05) is 48.2 Å². The van der Waals surface area contributed by atoms with Crippen molar-refractivity contribution in [2.75, 3.05) is 6.54 Å². The van der Waals surface area contributed by atoms with E-state index in [0.29, 0.717) is 29.1 Å². The van der Waals surface area contributed by atoms with Gasteiger partial charge in [-0.25, -0.2) is 4.98 Å². The summed E-state index contributed by atoms with van der Waals surface area (Å²) in [7, 11) is 0. The summed E-state index contributed by atoms with van der Waals surface area (Å²) in [6.07, 6.45) is 5.58. The average Bonchev–Trinajstić information content (AvgIpc) is 3.41. The van der Waals surface area contributed by atoms with Crippen LogP contribution in [0.25, 0.3) is 5.76 Å². The van der Waals surface area contributed by atoms with E-state index in [1.807, 2.05) is 4.57 Å². The Morgan fingerprint density at radius 3 is 2.58 bits per heavy atom. The number of aliphatic hydroxyl groups excluding tert-OH is 1. The van der Waals surface area contributed by atoms with Gasteiger partial charge in [-0.3, -0.25) is 19.7 Å². The van der Waals surface area contributed by atoms with Crippen LogP contribution < -0.4 is 0 Å². The molecule has 1 atom stereocenters. The number of imidazole rings is 1. The lowest BCUT2D eigenvalue weighted by Crippen LogP contribution is -2.31. The number of nitrogens with zero attached hydrogens (tertiary/aromatic N) is 4. The van der Waals surface area contributed by atoms with Crippen LogP contribution in [0.3, 0.4) is 0 Å². The topological polar surface area (TPSA) is 119 Å². The third-order valence-electron chi connectivity index (χ3n) is 5.43. The van der Waals surface area contributed by atoms with Crippen molar-refractivity contribution in [1.82, 2.24) is 14.5 Å². The molecule has 1 unspecified atom stereocenters. The van der Waals surface area contributed by atoms with E-state index in [2.05, 4.69) is 4.98 Å². The number of aliphatic hydroxyl groups is 1. The number of likely N-dealkylation sites (tertiary alicyclic amines) is 1. The molecule has 0 aliphatic carbocycles. The summed E-state index contributed by atoms with van der Waals surface area (Å²) in [4.78, 5) is 42.1. The molecule has 2 heterocycles. The number of rotatable bonds is 7. The molecule has 9 nitrogen and oxygen atoms in total. The molecule has 1 aromatic heterocycles. The van der Waals surface area contributed by atoms with Gasteiger partial charge in [-0.05, 0) is 36.2 Å². The van der Waals surface area contributed by atoms with Crippen molar-refractivity contribution in [3.63, 3.8) is 0 Å². The van der Waals surface area contributed by atoms with Gasteiger partial charge in [0.15, 0.2) is 0 Å². The molecule has 1 saturated heterocycles. The molecule has 3 aromatic rings. The van der Waals surface area contributed by atoms with Crippen molar-refractivity contribution >= 4 is 34.7 Å². The quantitative estimate of drug-likeness (QED) is 0.185. The lowest BCUT2D eigenvalue weighted by Gasteiger charge is -2.25. The van der Waals surface area contributed by atoms with Crippen LogP contribution in [0, 0.1) is 10.1 Å². The summed E-state index contributed by atoms with van der Waals surface area (Å²) in [5.74, 6) is -1.98. The summed E-state index contributed by atoms with van der Waals surface area (Å²) in [6, 6.07) is 10.9. The highest BCUT2D eigenvalue weighted by Gasteiger charge is 2.46. The monoisotopic (exact) mass is 466 g/mol. The third-order valence-corrected chi connectivity index (χ3v) is 5.68. The predicted octanol–water partition coefficient (Wildman–Crippen LogP) is 3.96. The Balaban J connectivity index is 1.76. The summed E-state index contributed by atoms with van der Waals surface area (Å²) in [5, 5.41) is 22.8. The number of hydrogen-bond acceptors (Lipinski definition) is 6. The smallest absolute Gasteiger partial charge is 0.295 e. The largest absolute Gasteiger partial charge is 0.507 e. The number of amides is 1. The molecule has 10 heteroatoms. The number of aryl methyl sites for hydroxylation is 1. The molecule has 33 heavy (non-hydrogen) atoms. The number of hydrogen-bond donors (Lipinski definition) is 1. The van der Waals surface area contributed by atoms with E-state index < -0.39 is 22.7 Å². The van der Waals surface area contributed by atoms with E-state index in [-0.39, 0.29) is 23.6 Å². The molecule has 1 amide bonds. The summed E-state index contributed by atoms with van der Waals surface area (Å²) in [6.45, 7) is 0.759. The molecule has 1 N–H and O–H groups in total. The van der Waals surface area contributed by atoms with Crippen molar-refractivity contribution in [3.8, 4) is 0 Å². The zero-order chi connectivity index (χ0) is 23.5. The SMILES string of the molecule is O=C1C(=O)N(CCCn2ccnc2)C(c2cccc([N+](=O)[O-])c2)/C1=C(\O)c1ccc(Cl)cc1. The number of benzene rings is 2. The molecule has 0 saturated carbocycles. The van der Waals surface area contributed by atoms with Crippen LogP contribution in [-0.4, -0.2) is 42.7 Å². The molecule has 2 aromatic carbocycles. The molecular weight excluding hydrogens is 448 g/mol. The number of aromatic nitrogens is 2. The Labute approximate surface area is 193 Å². The van der Waals surface area contributed by atoms with Gasteiger partial charge in [0.25, 0.3) is 17.4 Å². The molecule has 0 bridgehead atoms. The number of Topliss-reactive ketones (excluding diaryl/α,β-unsaturated/α-hetero) is 1. The minimum absolute atomic E-state index is 0.120. The number of nitro groups is 1. The van der Waals surface area contributed by atoms with E-state index in [9.17, 15) is 24.8 Å². The second kappa shape index (κ2) is 9.25. The van der Waals surface area contributed by atoms with E-state index in [1.165, 1.54) is 35.2 Å². The normalized spacial score (nSPS) is 17.5. The fourth-order valence-electron chi connectivity index (χ4n) is 3.87. The minimum atomic E-state index is -0.969. The zero-order valence-electron chi connectivity index (χ0n) is 17.3. The van der Waals surface area contributed by atoms with Crippen LogP contribution in [-0.2, 0) is 16.1 Å². The van der Waals surface area contributed by atoms with Crippen LogP contribution in [0.4, 0.5) is 5.69 Å². The molecular formula is C23H19ClN4O5. The first-order chi connectivity index (χ1) is 15.9. The van der Waals surface area contributed by atoms with E-state index >= 15 is 0 Å². The van der Waals surface area contributed by atoms with Crippen LogP contribution in [0.15, 0.2) is 72.8 Å². The number of ketones is 1. The van der Waals surface area contributed by atoms with Crippen molar-refractivity contribution in [2.45, 2.75) is 19.0 Å². The van der Waals surface area contributed by atoms with Gasteiger partial charge in [0.05, 0.1) is 22.9 Å². The number of non-ortho nitro benzene ring substituents is 1. The summed E-state index contributed by atoms with van der Waals surface area (Å²) >= 11 is 5.92. The maximum atomic E-state index is 13.0. The fourth-order valence-corrected chi connectivity index (χ4v) is 4.00. The third kappa shape index (κ3) is 4.49. The summed E-state index contributed by atoms with van der Waals surface area (Å²) in [5.41, 5.74) is 0.376. The van der Waals surface area contributed by atoms with Gasteiger partial charge in [-0.2, -0.15) is 0 Å². The van der Waals surface area contributed by atoms with Gasteiger partial charge in [-0.1, -0.05) is 23.7 Å². The van der Waals surface area contributed by atoms with Crippen LogP contribution >= 0.6 is 11.6 Å². The number of nitro benzene ring substituents is 1. The first-order valence-corrected chi connectivity index (χ1v) is 10.5. The molecule has 1 aliphatic rings. The molecule has 0 spiro atoms. The Morgan fingerprint density at radius 1 is 1.15 bits per heavy atom. The van der Waals surface area contributed by atoms with E-state index in [1.54, 1.807) is 36.9 Å². The van der Waals surface area contributed by atoms with Crippen LogP contribution in [0.5, 0.6) is 0 Å². The standard InChI is InChI=1S/C23H19ClN4O5/c24-17-7-5-15(6-8-17)21(29)19-20(16-3-1-4-18(13-16)28(32)33)27(23(31)22(19)30)11-2-10-26-12-9-25-14-26/h1,3-9,12-14,20,29H,2,10-11H2/b21-19+. The maximum Gasteiger partial charge on any atom is 0.295 e. The van der Waals surface area contributed by atoms with Gasteiger partial charge in [0.1, 0.15) is 5.76 Å². The first-order valence-electron chi connectivity index (χ1n) is 10.1. The summed E-state index contributed by atoms with van der Waals surface area (Å²) < 4.78 is 1.84. The number of carbonyl (C=O) groups excluding carboxylic acids is 2. The molecule has 1 fully saturated rings. The van der Waals surface area contributed by atoms with E-state index in [0.717, 1.165) is 0 Å². The highest BCUT2D eigenvalue weighted by molar-refractivity contribution is 6.46. The number of halogens is 1. The second-order valence-electron chi connectivity index (χ2n) is 7.51. The highest BCUT2D eigenvalue weighted by atomic mass is 35.5. The van der Waals surface area contributed by atoms with Crippen molar-refractivity contribution in [1.29, 1.82) is 0 Å². The van der Waals surface area contributed by atoms with Crippen LogP contribution in [0.1, 0.15) is 23.6 Å². The Morgan fingerprint density at radius 2 is 1.91 bits per heavy atom. The Hall–Kier alpha value is -3.98. The van der Waals surface area contributed by atoms with Gasteiger partial charge >= 0.3 is 0 Å². The Kier molecular flexibility index (Phi) is 6.23. The van der Waals surface area contributed by atoms with Gasteiger partial charge in [0.2, 0.25) is 0 Å². The molecule has 168 valence electrons. The fraction of sp³-hybridized carbons (Fsp3) is 0.174. The minimum Gasteiger partial charge on any atom is -0.507 e. The molecule has 1 aliphatic heterocycles. The first kappa shape index (κ1) is 22.2. The van der Waals surface area contributed by atoms with E-state index in [4.69, 9.17) is 11.6 Å². The number of carbonyl (C=O) groups is 2. The van der Waals surface area contributed by atoms with Gasteiger partial charge in [-0.15, -0.1) is 0 Å². The van der Waals surface area contributed by atoms with Crippen molar-refractivity contribution < 1.29 is 19.6 Å². The van der Waals surface area contributed by atoms with Gasteiger partial charge < -0.3 is 14.6 Å². The zero-order valence-corrected chi connectivity index (χ0v) is 18.1. The maximum absolute atomic E-state index is 13.0. The molecule has 4 rings (SSSR count). The lowest BCUT2D eigenvalue weighted by molar-refractivity contribution is -0.384. The van der Waals surface area contributed by atoms with Crippen LogP contribution in [0.2, 0.25) is 5.02 Å². The lowest BCUT2D eigenvalue weighted by atomic mass is 9.95. The predicted molar refractivity (Wildman–Crippen MR) is 120 cm³/mol. The average molecular weight is 467 g/mol. The second-order valence-corrected chi connectivity index (χ2v) is 7.94. The molecule has 0 radical (unpaired) electrons. The van der Waals surface area contributed by atoms with Crippen molar-refractivity contribution in [2.24, 2.45) is 0 Å². The highest BCUT2D eigenvalue weighted by Crippen LogP contribution is 2.40. The van der Waals surface area contributed by atoms with Crippen molar-refractivity contribution in [3.05, 3.63) is 99.1 Å².